The summed E-state index contributed by atoms with van der Waals surface area (Å²) in [7, 11) is 0. The van der Waals surface area contributed by atoms with Gasteiger partial charge in [0.15, 0.2) is 0 Å². The molecule has 3 amide bonds. The molecule has 1 saturated heterocycles. The number of amides is 3. The molecular formula is C20H27N3O3. The second-order valence-corrected chi connectivity index (χ2v) is 7.33. The Morgan fingerprint density at radius 3 is 2.54 bits per heavy atom. The van der Waals surface area contributed by atoms with Crippen molar-refractivity contribution in [3.63, 3.8) is 0 Å². The first-order chi connectivity index (χ1) is 12.5. The van der Waals surface area contributed by atoms with Crippen LogP contribution in [0.25, 0.3) is 0 Å². The predicted octanol–water partition coefficient (Wildman–Crippen LogP) is 2.70. The molecule has 0 unspecified atom stereocenters. The zero-order chi connectivity index (χ0) is 18.5. The number of hydrogen-bond acceptors (Lipinski definition) is 3. The number of carbonyl (C=O) groups excluding carboxylic acids is 3. The van der Waals surface area contributed by atoms with Gasteiger partial charge in [0.25, 0.3) is 5.91 Å². The summed E-state index contributed by atoms with van der Waals surface area (Å²) in [4.78, 5) is 38.1. The average Bonchev–Trinajstić information content (AvgIpc) is 2.80. The molecule has 6 heteroatoms. The first-order valence-corrected chi connectivity index (χ1v) is 9.51. The minimum atomic E-state index is -0.210. The molecule has 1 aliphatic carbocycles. The van der Waals surface area contributed by atoms with E-state index in [1.165, 1.54) is 32.6 Å². The highest BCUT2D eigenvalue weighted by Crippen LogP contribution is 2.26. The van der Waals surface area contributed by atoms with Gasteiger partial charge in [0.1, 0.15) is 0 Å². The van der Waals surface area contributed by atoms with Crippen molar-refractivity contribution in [3.8, 4) is 0 Å². The maximum absolute atomic E-state index is 12.5. The maximum Gasteiger partial charge on any atom is 0.251 e. The Hall–Kier alpha value is -2.37. The number of carbonyl (C=O) groups is 3. The fourth-order valence-electron chi connectivity index (χ4n) is 3.96. The molecule has 1 saturated carbocycles. The van der Waals surface area contributed by atoms with Crippen LogP contribution in [0.2, 0.25) is 0 Å². The Bertz CT molecular complexity index is 681. The molecule has 26 heavy (non-hydrogen) atoms. The second-order valence-electron chi connectivity index (χ2n) is 7.33. The van der Waals surface area contributed by atoms with Crippen LogP contribution in [0.5, 0.6) is 0 Å². The summed E-state index contributed by atoms with van der Waals surface area (Å²) in [6.45, 7) is 2.03. The van der Waals surface area contributed by atoms with E-state index in [1.807, 2.05) is 4.90 Å². The molecular weight excluding hydrogens is 330 g/mol. The molecule has 2 aliphatic rings. The molecule has 1 aliphatic heterocycles. The van der Waals surface area contributed by atoms with Crippen molar-refractivity contribution in [1.82, 2.24) is 10.2 Å². The molecule has 2 N–H and O–H groups in total. The molecule has 0 spiro atoms. The lowest BCUT2D eigenvalue weighted by atomic mass is 10.1. The Kier molecular flexibility index (Phi) is 5.91. The van der Waals surface area contributed by atoms with Crippen molar-refractivity contribution in [2.45, 2.75) is 64.0 Å². The van der Waals surface area contributed by atoms with Crippen LogP contribution in [0, 0.1) is 0 Å². The highest BCUT2D eigenvalue weighted by Gasteiger charge is 2.35. The first kappa shape index (κ1) is 18.4. The summed E-state index contributed by atoms with van der Waals surface area (Å²) in [5.41, 5.74) is 1.07. The van der Waals surface area contributed by atoms with Crippen LogP contribution in [0.3, 0.4) is 0 Å². The summed E-state index contributed by atoms with van der Waals surface area (Å²) in [5.74, 6) is -0.241. The lowest BCUT2D eigenvalue weighted by Gasteiger charge is -2.27. The third-order valence-electron chi connectivity index (χ3n) is 5.20. The minimum absolute atomic E-state index is 0.147. The normalized spacial score (nSPS) is 21.3. The van der Waals surface area contributed by atoms with Crippen molar-refractivity contribution in [2.75, 3.05) is 11.9 Å². The van der Waals surface area contributed by atoms with Gasteiger partial charge in [-0.1, -0.05) is 31.7 Å². The van der Waals surface area contributed by atoms with Crippen molar-refractivity contribution in [1.29, 1.82) is 0 Å². The summed E-state index contributed by atoms with van der Waals surface area (Å²) < 4.78 is 0. The van der Waals surface area contributed by atoms with E-state index < -0.39 is 0 Å². The minimum Gasteiger partial charge on any atom is -0.347 e. The highest BCUT2D eigenvalue weighted by atomic mass is 16.2. The molecule has 6 nitrogen and oxygen atoms in total. The Labute approximate surface area is 154 Å². The zero-order valence-corrected chi connectivity index (χ0v) is 15.3. The van der Waals surface area contributed by atoms with Gasteiger partial charge in [0, 0.05) is 37.2 Å². The van der Waals surface area contributed by atoms with Gasteiger partial charge in [0.2, 0.25) is 11.8 Å². The van der Waals surface area contributed by atoms with E-state index in [0.29, 0.717) is 30.3 Å². The maximum atomic E-state index is 12.5. The van der Waals surface area contributed by atoms with E-state index in [2.05, 4.69) is 10.6 Å². The van der Waals surface area contributed by atoms with E-state index in [0.717, 1.165) is 12.8 Å². The van der Waals surface area contributed by atoms with Crippen molar-refractivity contribution in [3.05, 3.63) is 29.8 Å². The SMILES string of the molecule is CC(=O)Nc1cccc(C(=O)N[C@H]2CC(=O)N(C3CCCCCC3)C2)c1. The zero-order valence-electron chi connectivity index (χ0n) is 15.3. The Morgan fingerprint density at radius 1 is 1.12 bits per heavy atom. The average molecular weight is 357 g/mol. The molecule has 1 aromatic carbocycles. The Balaban J connectivity index is 1.60. The quantitative estimate of drug-likeness (QED) is 0.813. The van der Waals surface area contributed by atoms with E-state index >= 15 is 0 Å². The molecule has 3 rings (SSSR count). The number of benzene rings is 1. The van der Waals surface area contributed by atoms with E-state index in [1.54, 1.807) is 24.3 Å². The molecule has 0 bridgehead atoms. The van der Waals surface area contributed by atoms with Crippen LogP contribution >= 0.6 is 0 Å². The highest BCUT2D eigenvalue weighted by molar-refractivity contribution is 5.97. The second kappa shape index (κ2) is 8.34. The summed E-state index contributed by atoms with van der Waals surface area (Å²) in [6.07, 6.45) is 7.39. The number of likely N-dealkylation sites (tertiary alicyclic amines) is 1. The first-order valence-electron chi connectivity index (χ1n) is 9.51. The van der Waals surface area contributed by atoms with Gasteiger partial charge >= 0.3 is 0 Å². The van der Waals surface area contributed by atoms with Crippen LogP contribution in [-0.2, 0) is 9.59 Å². The van der Waals surface area contributed by atoms with Crippen molar-refractivity contribution in [2.24, 2.45) is 0 Å². The summed E-state index contributed by atoms with van der Waals surface area (Å²) in [6, 6.07) is 7.01. The van der Waals surface area contributed by atoms with Gasteiger partial charge in [0.05, 0.1) is 6.04 Å². The van der Waals surface area contributed by atoms with Crippen LogP contribution < -0.4 is 10.6 Å². The number of hydrogen-bond donors (Lipinski definition) is 2. The van der Waals surface area contributed by atoms with Gasteiger partial charge in [-0.15, -0.1) is 0 Å². The lowest BCUT2D eigenvalue weighted by Crippen LogP contribution is -2.40. The van der Waals surface area contributed by atoms with E-state index in [4.69, 9.17) is 0 Å². The monoisotopic (exact) mass is 357 g/mol. The van der Waals surface area contributed by atoms with Crippen LogP contribution in [-0.4, -0.2) is 41.2 Å². The third-order valence-corrected chi connectivity index (χ3v) is 5.20. The molecule has 1 heterocycles. The van der Waals surface area contributed by atoms with E-state index in [-0.39, 0.29) is 23.8 Å². The number of nitrogens with one attached hydrogen (secondary N) is 2. The molecule has 1 aromatic rings. The summed E-state index contributed by atoms with van der Waals surface area (Å²) in [5, 5.41) is 5.65. The number of nitrogens with zero attached hydrogens (tertiary/aromatic N) is 1. The topological polar surface area (TPSA) is 78.5 Å². The number of rotatable bonds is 4. The van der Waals surface area contributed by atoms with Crippen LogP contribution in [0.15, 0.2) is 24.3 Å². The van der Waals surface area contributed by atoms with Crippen molar-refractivity contribution >= 4 is 23.4 Å². The lowest BCUT2D eigenvalue weighted by molar-refractivity contribution is -0.129. The van der Waals surface area contributed by atoms with Gasteiger partial charge in [-0.3, -0.25) is 14.4 Å². The van der Waals surface area contributed by atoms with Gasteiger partial charge in [-0.05, 0) is 31.0 Å². The molecule has 140 valence electrons. The smallest absolute Gasteiger partial charge is 0.251 e. The Morgan fingerprint density at radius 2 is 1.85 bits per heavy atom. The van der Waals surface area contributed by atoms with Crippen molar-refractivity contribution < 1.29 is 14.4 Å². The summed E-state index contributed by atoms with van der Waals surface area (Å²) >= 11 is 0. The largest absolute Gasteiger partial charge is 0.347 e. The standard InChI is InChI=1S/C20H27N3O3/c1-14(24)21-16-8-6-7-15(11-16)20(26)22-17-12-19(25)23(13-17)18-9-4-2-3-5-10-18/h6-8,11,17-18H,2-5,9-10,12-13H2,1H3,(H,21,24)(H,22,26)/t17-/m0/s1. The van der Waals surface area contributed by atoms with Gasteiger partial charge < -0.3 is 15.5 Å². The molecule has 2 fully saturated rings. The fourth-order valence-corrected chi connectivity index (χ4v) is 3.96. The molecule has 0 radical (unpaired) electrons. The third kappa shape index (κ3) is 4.62. The van der Waals surface area contributed by atoms with Crippen LogP contribution in [0.4, 0.5) is 5.69 Å². The predicted molar refractivity (Wildman–Crippen MR) is 99.8 cm³/mol. The van der Waals surface area contributed by atoms with Crippen LogP contribution in [0.1, 0.15) is 62.2 Å². The molecule has 1 atom stereocenters. The van der Waals surface area contributed by atoms with Gasteiger partial charge in [-0.2, -0.15) is 0 Å². The van der Waals surface area contributed by atoms with E-state index in [9.17, 15) is 14.4 Å². The fraction of sp³-hybridized carbons (Fsp3) is 0.550. The number of anilines is 1. The van der Waals surface area contributed by atoms with Gasteiger partial charge in [-0.25, -0.2) is 0 Å². The molecule has 0 aromatic heterocycles.